The smallest absolute Gasteiger partial charge is 0.230 e. The van der Waals surface area contributed by atoms with Crippen molar-refractivity contribution in [2.24, 2.45) is 0 Å². The first-order valence-corrected chi connectivity index (χ1v) is 8.61. The third kappa shape index (κ3) is 3.71. The van der Waals surface area contributed by atoms with E-state index in [2.05, 4.69) is 27.0 Å². The number of carbonyl (C=O) groups is 1. The number of aromatic nitrogens is 3. The van der Waals surface area contributed by atoms with Crippen LogP contribution in [0.15, 0.2) is 28.0 Å². The number of nitrogens with zero attached hydrogens (tertiary/aromatic N) is 3. The highest BCUT2D eigenvalue weighted by molar-refractivity contribution is 7.99. The van der Waals surface area contributed by atoms with Crippen molar-refractivity contribution in [3.8, 4) is 0 Å². The summed E-state index contributed by atoms with van der Waals surface area (Å²) in [6, 6.07) is 3.65. The summed E-state index contributed by atoms with van der Waals surface area (Å²) in [6.45, 7) is 3.47. The zero-order chi connectivity index (χ0) is 15.4. The predicted octanol–water partition coefficient (Wildman–Crippen LogP) is 2.57. The average molecular weight is 320 g/mol. The van der Waals surface area contributed by atoms with Crippen LogP contribution in [0.4, 0.5) is 0 Å². The van der Waals surface area contributed by atoms with E-state index in [0.717, 1.165) is 29.7 Å². The third-order valence-electron chi connectivity index (χ3n) is 3.51. The molecule has 1 saturated carbocycles. The lowest BCUT2D eigenvalue weighted by atomic mass is 10.4. The molecule has 1 aliphatic carbocycles. The van der Waals surface area contributed by atoms with E-state index in [1.165, 1.54) is 24.6 Å². The van der Waals surface area contributed by atoms with Crippen LogP contribution in [-0.2, 0) is 17.9 Å². The molecular formula is C15H20N4O2S. The van der Waals surface area contributed by atoms with Crippen LogP contribution >= 0.6 is 11.8 Å². The number of thioether (sulfide) groups is 1. The second-order valence-electron chi connectivity index (χ2n) is 5.41. The fourth-order valence-electron chi connectivity index (χ4n) is 2.26. The van der Waals surface area contributed by atoms with Crippen LogP contribution in [0.2, 0.25) is 0 Å². The van der Waals surface area contributed by atoms with Crippen molar-refractivity contribution < 1.29 is 9.21 Å². The van der Waals surface area contributed by atoms with Crippen molar-refractivity contribution in [3.63, 3.8) is 0 Å². The molecule has 0 radical (unpaired) electrons. The third-order valence-corrected chi connectivity index (χ3v) is 4.47. The minimum Gasteiger partial charge on any atom is -0.467 e. The molecule has 3 rings (SSSR count). The van der Waals surface area contributed by atoms with Gasteiger partial charge in [0.25, 0.3) is 0 Å². The first kappa shape index (κ1) is 15.1. The van der Waals surface area contributed by atoms with Crippen LogP contribution < -0.4 is 5.32 Å². The molecule has 0 aliphatic heterocycles. The summed E-state index contributed by atoms with van der Waals surface area (Å²) in [5, 5.41) is 12.2. The van der Waals surface area contributed by atoms with Gasteiger partial charge in [-0.3, -0.25) is 4.79 Å². The molecule has 7 heteroatoms. The van der Waals surface area contributed by atoms with Gasteiger partial charge in [-0.25, -0.2) is 0 Å². The van der Waals surface area contributed by atoms with E-state index in [-0.39, 0.29) is 5.91 Å². The first-order valence-electron chi connectivity index (χ1n) is 7.63. The van der Waals surface area contributed by atoms with Gasteiger partial charge in [0.1, 0.15) is 11.6 Å². The van der Waals surface area contributed by atoms with E-state index in [1.54, 1.807) is 6.26 Å². The van der Waals surface area contributed by atoms with Crippen LogP contribution in [0.3, 0.4) is 0 Å². The standard InChI is InChI=1S/C15H20N4O2S/c1-2-7-19-14(11-5-6-11)17-18-15(19)22-10-13(20)16-9-12-4-3-8-21-12/h3-4,8,11H,2,5-7,9-10H2,1H3,(H,16,20). The number of hydrogen-bond donors (Lipinski definition) is 1. The number of carbonyl (C=O) groups excluding carboxylic acids is 1. The van der Waals surface area contributed by atoms with Crippen LogP contribution in [0.1, 0.15) is 43.7 Å². The van der Waals surface area contributed by atoms with Crippen LogP contribution in [0, 0.1) is 0 Å². The van der Waals surface area contributed by atoms with Gasteiger partial charge in [0.15, 0.2) is 5.16 Å². The van der Waals surface area contributed by atoms with Gasteiger partial charge in [-0.2, -0.15) is 0 Å². The summed E-state index contributed by atoms with van der Waals surface area (Å²) in [7, 11) is 0. The highest BCUT2D eigenvalue weighted by atomic mass is 32.2. The molecule has 0 saturated heterocycles. The lowest BCUT2D eigenvalue weighted by Gasteiger charge is -2.08. The Balaban J connectivity index is 1.53. The highest BCUT2D eigenvalue weighted by Gasteiger charge is 2.30. The summed E-state index contributed by atoms with van der Waals surface area (Å²) >= 11 is 1.45. The summed E-state index contributed by atoms with van der Waals surface area (Å²) in [6.07, 6.45) is 5.05. The van der Waals surface area contributed by atoms with Crippen molar-refractivity contribution in [1.82, 2.24) is 20.1 Å². The Morgan fingerprint density at radius 1 is 1.50 bits per heavy atom. The Bertz CT molecular complexity index is 620. The summed E-state index contributed by atoms with van der Waals surface area (Å²) in [4.78, 5) is 11.9. The second-order valence-corrected chi connectivity index (χ2v) is 6.35. The number of furan rings is 1. The predicted molar refractivity (Wildman–Crippen MR) is 83.6 cm³/mol. The summed E-state index contributed by atoms with van der Waals surface area (Å²) in [5.74, 6) is 2.72. The minimum absolute atomic E-state index is 0.0274. The van der Waals surface area contributed by atoms with E-state index >= 15 is 0 Å². The van der Waals surface area contributed by atoms with Crippen LogP contribution in [0.5, 0.6) is 0 Å². The fourth-order valence-corrected chi connectivity index (χ4v) is 3.07. The van der Waals surface area contributed by atoms with E-state index < -0.39 is 0 Å². The maximum atomic E-state index is 11.9. The number of hydrogen-bond acceptors (Lipinski definition) is 5. The largest absolute Gasteiger partial charge is 0.467 e. The fraction of sp³-hybridized carbons (Fsp3) is 0.533. The molecule has 1 N–H and O–H groups in total. The Kier molecular flexibility index (Phi) is 4.82. The number of nitrogens with one attached hydrogen (secondary N) is 1. The van der Waals surface area contributed by atoms with Gasteiger partial charge in [-0.05, 0) is 31.4 Å². The van der Waals surface area contributed by atoms with E-state index in [1.807, 2.05) is 12.1 Å². The quantitative estimate of drug-likeness (QED) is 0.757. The SMILES string of the molecule is CCCn1c(SCC(=O)NCc2ccco2)nnc1C1CC1. The number of rotatable bonds is 8. The van der Waals surface area contributed by atoms with Gasteiger partial charge < -0.3 is 14.3 Å². The maximum Gasteiger partial charge on any atom is 0.230 e. The van der Waals surface area contributed by atoms with Crippen molar-refractivity contribution in [1.29, 1.82) is 0 Å². The van der Waals surface area contributed by atoms with Crippen LogP contribution in [0.25, 0.3) is 0 Å². The molecule has 0 spiro atoms. The molecule has 2 aromatic heterocycles. The van der Waals surface area contributed by atoms with Gasteiger partial charge in [-0.15, -0.1) is 10.2 Å². The molecule has 22 heavy (non-hydrogen) atoms. The molecule has 118 valence electrons. The Morgan fingerprint density at radius 2 is 2.36 bits per heavy atom. The van der Waals surface area contributed by atoms with Crippen molar-refractivity contribution >= 4 is 17.7 Å². The number of amides is 1. The van der Waals surface area contributed by atoms with E-state index in [4.69, 9.17) is 4.42 Å². The molecule has 1 fully saturated rings. The molecule has 1 aliphatic rings. The minimum atomic E-state index is -0.0274. The first-order chi connectivity index (χ1) is 10.8. The zero-order valence-corrected chi connectivity index (χ0v) is 13.4. The topological polar surface area (TPSA) is 73.0 Å². The molecule has 1 amide bonds. The van der Waals surface area contributed by atoms with Crippen molar-refractivity contribution in [2.45, 2.75) is 50.4 Å². The molecular weight excluding hydrogens is 300 g/mol. The molecule has 0 atom stereocenters. The van der Waals surface area contributed by atoms with Crippen molar-refractivity contribution in [2.75, 3.05) is 5.75 Å². The van der Waals surface area contributed by atoms with Gasteiger partial charge in [-0.1, -0.05) is 18.7 Å². The normalized spacial score (nSPS) is 14.2. The molecule has 0 aromatic carbocycles. The molecule has 2 heterocycles. The van der Waals surface area contributed by atoms with Gasteiger partial charge in [0.2, 0.25) is 5.91 Å². The Labute approximate surface area is 133 Å². The monoisotopic (exact) mass is 320 g/mol. The van der Waals surface area contributed by atoms with Gasteiger partial charge >= 0.3 is 0 Å². The van der Waals surface area contributed by atoms with Crippen LogP contribution in [-0.4, -0.2) is 26.4 Å². The Morgan fingerprint density at radius 3 is 3.05 bits per heavy atom. The maximum absolute atomic E-state index is 11.9. The lowest BCUT2D eigenvalue weighted by Crippen LogP contribution is -2.24. The average Bonchev–Trinajstić information content (AvgIpc) is 3.08. The van der Waals surface area contributed by atoms with Gasteiger partial charge in [0.05, 0.1) is 18.6 Å². The highest BCUT2D eigenvalue weighted by Crippen LogP contribution is 2.40. The van der Waals surface area contributed by atoms with Gasteiger partial charge in [0, 0.05) is 12.5 Å². The summed E-state index contributed by atoms with van der Waals surface area (Å²) in [5.41, 5.74) is 0. The molecule has 2 aromatic rings. The lowest BCUT2D eigenvalue weighted by molar-refractivity contribution is -0.118. The Hall–Kier alpha value is -1.76. The second kappa shape index (κ2) is 7.00. The molecule has 0 bridgehead atoms. The zero-order valence-electron chi connectivity index (χ0n) is 12.6. The molecule has 6 nitrogen and oxygen atoms in total. The molecule has 0 unspecified atom stereocenters. The van der Waals surface area contributed by atoms with E-state index in [0.29, 0.717) is 18.2 Å². The van der Waals surface area contributed by atoms with E-state index in [9.17, 15) is 4.79 Å². The summed E-state index contributed by atoms with van der Waals surface area (Å²) < 4.78 is 7.36. The van der Waals surface area contributed by atoms with Crippen molar-refractivity contribution in [3.05, 3.63) is 30.0 Å².